The van der Waals surface area contributed by atoms with E-state index in [9.17, 15) is 22.8 Å². The molecule has 8 heteroatoms. The average molecular weight is 355 g/mol. The van der Waals surface area contributed by atoms with Gasteiger partial charge in [0.05, 0.1) is 18.0 Å². The largest absolute Gasteiger partial charge is 0.416 e. The molecule has 2 fully saturated rings. The minimum absolute atomic E-state index is 0.0308. The predicted octanol–water partition coefficient (Wildman–Crippen LogP) is 2.24. The summed E-state index contributed by atoms with van der Waals surface area (Å²) in [6, 6.07) is 4.86. The highest BCUT2D eigenvalue weighted by Crippen LogP contribution is 2.30. The standard InChI is InChI=1S/C17H20F3N3O2/c18-17(19,20)12-2-1-3-14(8-12)21-15(24)10-23-7-6-11(9-23)16(25)22-13-4-5-13/h1-3,8,11,13H,4-7,9-10H2,(H,21,24)(H,22,25). The molecule has 2 N–H and O–H groups in total. The van der Waals surface area contributed by atoms with E-state index in [1.165, 1.54) is 12.1 Å². The predicted molar refractivity (Wildman–Crippen MR) is 85.8 cm³/mol. The number of hydrogen-bond acceptors (Lipinski definition) is 3. The maximum atomic E-state index is 12.7. The fraction of sp³-hybridized carbons (Fsp3) is 0.529. The minimum Gasteiger partial charge on any atom is -0.353 e. The fourth-order valence-electron chi connectivity index (χ4n) is 2.91. The van der Waals surface area contributed by atoms with Crippen LogP contribution in [-0.4, -0.2) is 42.4 Å². The quantitative estimate of drug-likeness (QED) is 0.852. The number of nitrogens with one attached hydrogen (secondary N) is 2. The second-order valence-corrected chi connectivity index (χ2v) is 6.63. The van der Waals surface area contributed by atoms with Gasteiger partial charge in [0, 0.05) is 18.3 Å². The molecule has 0 radical (unpaired) electrons. The summed E-state index contributed by atoms with van der Waals surface area (Å²) in [5, 5.41) is 5.44. The van der Waals surface area contributed by atoms with Crippen LogP contribution in [0, 0.1) is 5.92 Å². The number of alkyl halides is 3. The van der Waals surface area contributed by atoms with Crippen molar-refractivity contribution in [3.63, 3.8) is 0 Å². The minimum atomic E-state index is -4.45. The number of anilines is 1. The summed E-state index contributed by atoms with van der Waals surface area (Å²) in [4.78, 5) is 25.9. The van der Waals surface area contributed by atoms with Crippen molar-refractivity contribution in [1.29, 1.82) is 0 Å². The van der Waals surface area contributed by atoms with E-state index in [0.717, 1.165) is 25.0 Å². The maximum absolute atomic E-state index is 12.7. The van der Waals surface area contributed by atoms with Crippen molar-refractivity contribution in [2.75, 3.05) is 25.0 Å². The first kappa shape index (κ1) is 17.7. The van der Waals surface area contributed by atoms with Crippen LogP contribution in [0.25, 0.3) is 0 Å². The van der Waals surface area contributed by atoms with Gasteiger partial charge in [0.2, 0.25) is 11.8 Å². The van der Waals surface area contributed by atoms with E-state index in [0.29, 0.717) is 25.6 Å². The number of halogens is 3. The number of likely N-dealkylation sites (tertiary alicyclic amines) is 1. The Morgan fingerprint density at radius 1 is 1.20 bits per heavy atom. The van der Waals surface area contributed by atoms with Gasteiger partial charge in [0.25, 0.3) is 0 Å². The molecule has 1 heterocycles. The molecule has 1 aliphatic heterocycles. The summed E-state index contributed by atoms with van der Waals surface area (Å²) in [5.41, 5.74) is -0.690. The molecular weight excluding hydrogens is 335 g/mol. The summed E-state index contributed by atoms with van der Waals surface area (Å²) in [6.45, 7) is 1.18. The van der Waals surface area contributed by atoms with Crippen LogP contribution in [0.4, 0.5) is 18.9 Å². The smallest absolute Gasteiger partial charge is 0.353 e. The second kappa shape index (κ2) is 7.03. The van der Waals surface area contributed by atoms with Gasteiger partial charge in [-0.2, -0.15) is 13.2 Å². The molecule has 0 bridgehead atoms. The van der Waals surface area contributed by atoms with Crippen LogP contribution in [0.15, 0.2) is 24.3 Å². The zero-order valence-electron chi connectivity index (χ0n) is 13.6. The van der Waals surface area contributed by atoms with Crippen molar-refractivity contribution in [2.24, 2.45) is 5.92 Å². The van der Waals surface area contributed by atoms with E-state index in [-0.39, 0.29) is 30.0 Å². The Hall–Kier alpha value is -2.09. The first-order valence-electron chi connectivity index (χ1n) is 8.31. The summed E-state index contributed by atoms with van der Waals surface area (Å²) in [7, 11) is 0. The molecule has 2 amide bonds. The molecule has 2 aliphatic rings. The van der Waals surface area contributed by atoms with E-state index in [4.69, 9.17) is 0 Å². The van der Waals surface area contributed by atoms with Gasteiger partial charge < -0.3 is 10.6 Å². The molecule has 136 valence electrons. The molecule has 0 spiro atoms. The van der Waals surface area contributed by atoms with Crippen LogP contribution in [0.1, 0.15) is 24.8 Å². The lowest BCUT2D eigenvalue weighted by Crippen LogP contribution is -2.36. The third kappa shape index (κ3) is 4.94. The van der Waals surface area contributed by atoms with Crippen molar-refractivity contribution >= 4 is 17.5 Å². The first-order valence-corrected chi connectivity index (χ1v) is 8.31. The van der Waals surface area contributed by atoms with Gasteiger partial charge >= 0.3 is 6.18 Å². The molecule has 1 atom stereocenters. The third-order valence-electron chi connectivity index (χ3n) is 4.41. The molecular formula is C17H20F3N3O2. The average Bonchev–Trinajstić information content (AvgIpc) is 3.22. The Morgan fingerprint density at radius 2 is 1.96 bits per heavy atom. The number of carbonyl (C=O) groups excluding carboxylic acids is 2. The van der Waals surface area contributed by atoms with Gasteiger partial charge in [-0.3, -0.25) is 14.5 Å². The van der Waals surface area contributed by atoms with Gasteiger partial charge in [0.1, 0.15) is 0 Å². The Balaban J connectivity index is 1.49. The van der Waals surface area contributed by atoms with Crippen LogP contribution >= 0.6 is 0 Å². The van der Waals surface area contributed by atoms with Crippen molar-refractivity contribution in [1.82, 2.24) is 10.2 Å². The lowest BCUT2D eigenvalue weighted by atomic mass is 10.1. The third-order valence-corrected chi connectivity index (χ3v) is 4.41. The zero-order valence-corrected chi connectivity index (χ0v) is 13.6. The number of hydrogen-bond donors (Lipinski definition) is 2. The van der Waals surface area contributed by atoms with Crippen LogP contribution in [0.2, 0.25) is 0 Å². The fourth-order valence-corrected chi connectivity index (χ4v) is 2.91. The van der Waals surface area contributed by atoms with Crippen molar-refractivity contribution in [3.05, 3.63) is 29.8 Å². The van der Waals surface area contributed by atoms with Gasteiger partial charge in [-0.15, -0.1) is 0 Å². The molecule has 1 aliphatic carbocycles. The van der Waals surface area contributed by atoms with Gasteiger partial charge in [-0.1, -0.05) is 6.07 Å². The zero-order chi connectivity index (χ0) is 18.0. The van der Waals surface area contributed by atoms with Crippen LogP contribution in [0.3, 0.4) is 0 Å². The monoisotopic (exact) mass is 355 g/mol. The summed E-state index contributed by atoms with van der Waals surface area (Å²) in [5.74, 6) is -0.479. The first-order chi connectivity index (χ1) is 11.8. The second-order valence-electron chi connectivity index (χ2n) is 6.63. The highest BCUT2D eigenvalue weighted by molar-refractivity contribution is 5.92. The topological polar surface area (TPSA) is 61.4 Å². The molecule has 1 saturated carbocycles. The Bertz CT molecular complexity index is 659. The van der Waals surface area contributed by atoms with Gasteiger partial charge in [0.15, 0.2) is 0 Å². The number of benzene rings is 1. The molecule has 1 aromatic rings. The SMILES string of the molecule is O=C(CN1CCC(C(=O)NC2CC2)C1)Nc1cccc(C(F)(F)F)c1. The summed E-state index contributed by atoms with van der Waals surface area (Å²) < 4.78 is 38.1. The van der Waals surface area contributed by atoms with Crippen LogP contribution in [-0.2, 0) is 15.8 Å². The van der Waals surface area contributed by atoms with E-state index in [2.05, 4.69) is 10.6 Å². The Labute approximate surface area is 143 Å². The van der Waals surface area contributed by atoms with E-state index in [1.54, 1.807) is 0 Å². The lowest BCUT2D eigenvalue weighted by Gasteiger charge is -2.16. The van der Waals surface area contributed by atoms with E-state index >= 15 is 0 Å². The maximum Gasteiger partial charge on any atom is 0.416 e. The Kier molecular flexibility index (Phi) is 4.99. The summed E-state index contributed by atoms with van der Waals surface area (Å²) >= 11 is 0. The van der Waals surface area contributed by atoms with Gasteiger partial charge in [-0.25, -0.2) is 0 Å². The highest BCUT2D eigenvalue weighted by Gasteiger charge is 2.33. The highest BCUT2D eigenvalue weighted by atomic mass is 19.4. The molecule has 3 rings (SSSR count). The van der Waals surface area contributed by atoms with E-state index in [1.807, 2.05) is 4.90 Å². The lowest BCUT2D eigenvalue weighted by molar-refractivity contribution is -0.137. The number of amides is 2. The molecule has 0 aromatic heterocycles. The number of carbonyl (C=O) groups is 2. The molecule has 1 saturated heterocycles. The van der Waals surface area contributed by atoms with Gasteiger partial charge in [-0.05, 0) is 44.0 Å². The van der Waals surface area contributed by atoms with Crippen LogP contribution in [0.5, 0.6) is 0 Å². The normalized spacial score (nSPS) is 21.2. The molecule has 5 nitrogen and oxygen atoms in total. The molecule has 25 heavy (non-hydrogen) atoms. The van der Waals surface area contributed by atoms with E-state index < -0.39 is 11.7 Å². The number of nitrogens with zero attached hydrogens (tertiary/aromatic N) is 1. The summed E-state index contributed by atoms with van der Waals surface area (Å²) in [6.07, 6.45) is -1.70. The van der Waals surface area contributed by atoms with Crippen LogP contribution < -0.4 is 10.6 Å². The van der Waals surface area contributed by atoms with Crippen molar-refractivity contribution < 1.29 is 22.8 Å². The molecule has 1 unspecified atom stereocenters. The Morgan fingerprint density at radius 3 is 2.64 bits per heavy atom. The molecule has 1 aromatic carbocycles. The van der Waals surface area contributed by atoms with Crippen molar-refractivity contribution in [2.45, 2.75) is 31.5 Å². The number of rotatable bonds is 5. The van der Waals surface area contributed by atoms with Crippen molar-refractivity contribution in [3.8, 4) is 0 Å².